The van der Waals surface area contributed by atoms with Crippen LogP contribution in [0.25, 0.3) is 0 Å². The van der Waals surface area contributed by atoms with E-state index in [-0.39, 0.29) is 5.75 Å². The summed E-state index contributed by atoms with van der Waals surface area (Å²) in [6.45, 7) is 2.17. The first-order valence-corrected chi connectivity index (χ1v) is 8.00. The van der Waals surface area contributed by atoms with Gasteiger partial charge < -0.3 is 0 Å². The minimum atomic E-state index is -3.44. The number of halogens is 1. The molecule has 0 spiro atoms. The van der Waals surface area contributed by atoms with Crippen molar-refractivity contribution in [3.05, 3.63) is 29.3 Å². The summed E-state index contributed by atoms with van der Waals surface area (Å²) in [5, 5.41) is 0.586. The fourth-order valence-corrected chi connectivity index (χ4v) is 3.86. The molecule has 0 N–H and O–H groups in total. The molecule has 1 unspecified atom stereocenters. The average Bonchev–Trinajstić information content (AvgIpc) is 2.40. The van der Waals surface area contributed by atoms with Crippen LogP contribution in [0.1, 0.15) is 18.1 Å². The highest BCUT2D eigenvalue weighted by Gasteiger charge is 2.19. The SMILES string of the molecule is CC1Cc2cc(CS(=O)(=O)Cl)ccc2S1. The Morgan fingerprint density at radius 1 is 1.53 bits per heavy atom. The van der Waals surface area contributed by atoms with Crippen LogP contribution in [-0.2, 0) is 21.2 Å². The van der Waals surface area contributed by atoms with Crippen LogP contribution in [0, 0.1) is 0 Å². The molecule has 0 saturated heterocycles. The molecule has 1 heterocycles. The predicted molar refractivity (Wildman–Crippen MR) is 63.9 cm³/mol. The van der Waals surface area contributed by atoms with Crippen molar-refractivity contribution < 1.29 is 8.42 Å². The summed E-state index contributed by atoms with van der Waals surface area (Å²) in [5.41, 5.74) is 2.02. The van der Waals surface area contributed by atoms with E-state index in [1.54, 1.807) is 0 Å². The highest BCUT2D eigenvalue weighted by molar-refractivity contribution is 8.13. The minimum Gasteiger partial charge on any atom is -0.212 e. The molecule has 5 heteroatoms. The van der Waals surface area contributed by atoms with Gasteiger partial charge in [-0.05, 0) is 23.6 Å². The molecular weight excluding hydrogens is 252 g/mol. The van der Waals surface area contributed by atoms with Gasteiger partial charge in [-0.2, -0.15) is 0 Å². The molecule has 0 radical (unpaired) electrons. The highest BCUT2D eigenvalue weighted by atomic mass is 35.7. The lowest BCUT2D eigenvalue weighted by Crippen LogP contribution is -1.96. The van der Waals surface area contributed by atoms with Gasteiger partial charge in [-0.15, -0.1) is 11.8 Å². The monoisotopic (exact) mass is 262 g/mol. The lowest BCUT2D eigenvalue weighted by atomic mass is 10.1. The van der Waals surface area contributed by atoms with Crippen molar-refractivity contribution in [2.75, 3.05) is 0 Å². The van der Waals surface area contributed by atoms with Crippen molar-refractivity contribution in [1.29, 1.82) is 0 Å². The molecule has 2 rings (SSSR count). The number of hydrogen-bond acceptors (Lipinski definition) is 3. The molecule has 0 amide bonds. The number of fused-ring (bicyclic) bond motifs is 1. The lowest BCUT2D eigenvalue weighted by molar-refractivity contribution is 0.609. The summed E-state index contributed by atoms with van der Waals surface area (Å²) >= 11 is 1.84. The topological polar surface area (TPSA) is 34.1 Å². The van der Waals surface area contributed by atoms with Gasteiger partial charge in [-0.3, -0.25) is 0 Å². The zero-order chi connectivity index (χ0) is 11.1. The van der Waals surface area contributed by atoms with Gasteiger partial charge in [-0.25, -0.2) is 8.42 Å². The normalized spacial score (nSPS) is 20.3. The predicted octanol–water partition coefficient (Wildman–Crippen LogP) is 2.79. The van der Waals surface area contributed by atoms with Gasteiger partial charge >= 0.3 is 0 Å². The van der Waals surface area contributed by atoms with Crippen molar-refractivity contribution >= 4 is 31.5 Å². The van der Waals surface area contributed by atoms with Crippen molar-refractivity contribution in [2.45, 2.75) is 29.2 Å². The second-order valence-corrected chi connectivity index (χ2v) is 8.02. The molecular formula is C10H11ClO2S2. The van der Waals surface area contributed by atoms with E-state index in [2.05, 4.69) is 6.92 Å². The Bertz CT molecular complexity index is 482. The Hall–Kier alpha value is -0.190. The van der Waals surface area contributed by atoms with Gasteiger partial charge in [0, 0.05) is 20.8 Å². The number of rotatable bonds is 2. The number of thioether (sulfide) groups is 1. The second kappa shape index (κ2) is 4.00. The molecule has 0 aliphatic carbocycles. The van der Waals surface area contributed by atoms with E-state index in [9.17, 15) is 8.42 Å². The highest BCUT2D eigenvalue weighted by Crippen LogP contribution is 2.37. The number of benzene rings is 1. The maximum Gasteiger partial charge on any atom is 0.236 e. The van der Waals surface area contributed by atoms with Gasteiger partial charge in [0.1, 0.15) is 0 Å². The molecule has 1 aromatic carbocycles. The van der Waals surface area contributed by atoms with Gasteiger partial charge in [-0.1, -0.05) is 19.1 Å². The van der Waals surface area contributed by atoms with E-state index in [0.717, 1.165) is 12.0 Å². The van der Waals surface area contributed by atoms with Crippen LogP contribution in [0.4, 0.5) is 0 Å². The quantitative estimate of drug-likeness (QED) is 0.769. The third kappa shape index (κ3) is 2.89. The maximum absolute atomic E-state index is 10.9. The molecule has 82 valence electrons. The van der Waals surface area contributed by atoms with E-state index in [1.165, 1.54) is 10.5 Å². The molecule has 0 saturated carbocycles. The van der Waals surface area contributed by atoms with E-state index in [0.29, 0.717) is 5.25 Å². The Morgan fingerprint density at radius 2 is 2.27 bits per heavy atom. The van der Waals surface area contributed by atoms with Crippen LogP contribution in [-0.4, -0.2) is 13.7 Å². The van der Waals surface area contributed by atoms with Crippen LogP contribution in [0.3, 0.4) is 0 Å². The molecule has 1 atom stereocenters. The summed E-state index contributed by atoms with van der Waals surface area (Å²) in [4.78, 5) is 1.26. The van der Waals surface area contributed by atoms with Crippen molar-refractivity contribution in [2.24, 2.45) is 0 Å². The van der Waals surface area contributed by atoms with Crippen molar-refractivity contribution in [1.82, 2.24) is 0 Å². The fourth-order valence-electron chi connectivity index (χ4n) is 1.76. The van der Waals surface area contributed by atoms with Gasteiger partial charge in [0.2, 0.25) is 9.05 Å². The van der Waals surface area contributed by atoms with Crippen molar-refractivity contribution in [3.8, 4) is 0 Å². The van der Waals surface area contributed by atoms with Crippen LogP contribution < -0.4 is 0 Å². The summed E-state index contributed by atoms with van der Waals surface area (Å²) in [6, 6.07) is 5.77. The Labute approximate surface area is 98.4 Å². The van der Waals surface area contributed by atoms with Gasteiger partial charge in [0.05, 0.1) is 5.75 Å². The fraction of sp³-hybridized carbons (Fsp3) is 0.400. The Morgan fingerprint density at radius 3 is 2.93 bits per heavy atom. The summed E-state index contributed by atoms with van der Waals surface area (Å²) in [7, 11) is 1.77. The van der Waals surface area contributed by atoms with Crippen LogP contribution in [0.2, 0.25) is 0 Å². The van der Waals surface area contributed by atoms with Crippen LogP contribution in [0.5, 0.6) is 0 Å². The first-order chi connectivity index (χ1) is 6.94. The molecule has 0 bridgehead atoms. The first kappa shape index (κ1) is 11.3. The molecule has 1 aromatic rings. The molecule has 1 aliphatic rings. The van der Waals surface area contributed by atoms with E-state index in [1.807, 2.05) is 30.0 Å². The molecule has 2 nitrogen and oxygen atoms in total. The molecule has 0 aromatic heterocycles. The third-order valence-corrected chi connectivity index (χ3v) is 4.53. The van der Waals surface area contributed by atoms with Gasteiger partial charge in [0.25, 0.3) is 0 Å². The standard InChI is InChI=1S/C10H11ClO2S2/c1-7-4-9-5-8(6-15(11,12)13)2-3-10(9)14-7/h2-3,5,7H,4,6H2,1H3. The van der Waals surface area contributed by atoms with E-state index >= 15 is 0 Å². The zero-order valence-corrected chi connectivity index (χ0v) is 10.6. The average molecular weight is 263 g/mol. The summed E-state index contributed by atoms with van der Waals surface area (Å²) in [5.74, 6) is -0.0825. The molecule has 15 heavy (non-hydrogen) atoms. The third-order valence-electron chi connectivity index (χ3n) is 2.30. The molecule has 0 fully saturated rings. The largest absolute Gasteiger partial charge is 0.236 e. The maximum atomic E-state index is 10.9. The van der Waals surface area contributed by atoms with Gasteiger partial charge in [0.15, 0.2) is 0 Å². The minimum absolute atomic E-state index is 0.0825. The van der Waals surface area contributed by atoms with E-state index < -0.39 is 9.05 Å². The Kier molecular flexibility index (Phi) is 3.01. The van der Waals surface area contributed by atoms with E-state index in [4.69, 9.17) is 10.7 Å². The zero-order valence-electron chi connectivity index (χ0n) is 8.23. The van der Waals surface area contributed by atoms with Crippen LogP contribution >= 0.6 is 22.4 Å². The smallest absolute Gasteiger partial charge is 0.212 e. The summed E-state index contributed by atoms with van der Waals surface area (Å²) in [6.07, 6.45) is 1.01. The molecule has 1 aliphatic heterocycles. The lowest BCUT2D eigenvalue weighted by Gasteiger charge is -2.01. The second-order valence-electron chi connectivity index (χ2n) is 3.76. The van der Waals surface area contributed by atoms with Crippen LogP contribution in [0.15, 0.2) is 23.1 Å². The summed E-state index contributed by atoms with van der Waals surface area (Å²) < 4.78 is 21.9. The van der Waals surface area contributed by atoms with Crippen molar-refractivity contribution in [3.63, 3.8) is 0 Å². The first-order valence-electron chi connectivity index (χ1n) is 4.65. The number of hydrogen-bond donors (Lipinski definition) is 0. The Balaban J connectivity index is 2.28.